The van der Waals surface area contributed by atoms with Gasteiger partial charge in [0.15, 0.2) is 0 Å². The molecule has 0 radical (unpaired) electrons. The van der Waals surface area contributed by atoms with Crippen LogP contribution in [-0.4, -0.2) is 58.5 Å². The summed E-state index contributed by atoms with van der Waals surface area (Å²) in [6, 6.07) is 0. The molecule has 2 rings (SSSR count). The van der Waals surface area contributed by atoms with E-state index in [0.717, 1.165) is 0 Å². The third kappa shape index (κ3) is 3.63. The van der Waals surface area contributed by atoms with Crippen LogP contribution in [0.5, 0.6) is 0 Å². The first-order chi connectivity index (χ1) is 9.56. The molecule has 1 aliphatic rings. The van der Waals surface area contributed by atoms with Crippen molar-refractivity contribution in [2.75, 3.05) is 19.7 Å². The molecule has 2 heterocycles. The van der Waals surface area contributed by atoms with Gasteiger partial charge in [0.25, 0.3) is 0 Å². The minimum absolute atomic E-state index is 0.0845. The zero-order valence-electron chi connectivity index (χ0n) is 12.9. The van der Waals surface area contributed by atoms with E-state index in [-0.39, 0.29) is 18.0 Å². The van der Waals surface area contributed by atoms with Crippen molar-refractivity contribution >= 4 is 10.0 Å². The molecule has 0 bridgehead atoms. The van der Waals surface area contributed by atoms with Crippen LogP contribution in [-0.2, 0) is 21.3 Å². The standard InChI is InChI=1S/C13H23N3O4S/c1-12(2)9-16(10-13(3,4)20-12)21(18,19)11-7-14-15(8-11)5-6-17/h7-8,17H,5-6,9-10H2,1-4H3. The molecule has 21 heavy (non-hydrogen) atoms. The molecule has 0 atom stereocenters. The molecule has 0 unspecified atom stereocenters. The lowest BCUT2D eigenvalue weighted by molar-refractivity contribution is -0.163. The summed E-state index contributed by atoms with van der Waals surface area (Å²) in [6.45, 7) is 8.30. The molecule has 1 aromatic heterocycles. The number of aliphatic hydroxyl groups is 1. The number of rotatable bonds is 4. The predicted octanol–water partition coefficient (Wildman–Crippen LogP) is 0.453. The average Bonchev–Trinajstić information content (AvgIpc) is 2.74. The molecular weight excluding hydrogens is 294 g/mol. The summed E-state index contributed by atoms with van der Waals surface area (Å²) >= 11 is 0. The smallest absolute Gasteiger partial charge is 0.246 e. The van der Waals surface area contributed by atoms with Crippen LogP contribution >= 0.6 is 0 Å². The van der Waals surface area contributed by atoms with Crippen molar-refractivity contribution in [2.24, 2.45) is 0 Å². The van der Waals surface area contributed by atoms with E-state index in [9.17, 15) is 8.42 Å². The molecule has 1 aromatic rings. The third-order valence-electron chi connectivity index (χ3n) is 3.24. The van der Waals surface area contributed by atoms with Crippen molar-refractivity contribution in [1.82, 2.24) is 14.1 Å². The van der Waals surface area contributed by atoms with Gasteiger partial charge in [-0.1, -0.05) is 0 Å². The summed E-state index contributed by atoms with van der Waals surface area (Å²) in [5, 5.41) is 12.8. The number of morpholine rings is 1. The number of sulfonamides is 1. The number of aromatic nitrogens is 2. The molecule has 1 fully saturated rings. The van der Waals surface area contributed by atoms with Gasteiger partial charge in [0.05, 0.1) is 30.6 Å². The van der Waals surface area contributed by atoms with E-state index in [1.807, 2.05) is 27.7 Å². The van der Waals surface area contributed by atoms with Crippen LogP contribution in [0.25, 0.3) is 0 Å². The first-order valence-corrected chi connectivity index (χ1v) is 8.33. The fourth-order valence-electron chi connectivity index (χ4n) is 2.74. The second-order valence-electron chi connectivity index (χ2n) is 6.56. The van der Waals surface area contributed by atoms with E-state index in [1.165, 1.54) is 21.4 Å². The molecule has 120 valence electrons. The maximum Gasteiger partial charge on any atom is 0.246 e. The van der Waals surface area contributed by atoms with Crippen LogP contribution < -0.4 is 0 Å². The fourth-order valence-corrected chi connectivity index (χ4v) is 4.43. The van der Waals surface area contributed by atoms with Crippen molar-refractivity contribution in [1.29, 1.82) is 0 Å². The van der Waals surface area contributed by atoms with E-state index >= 15 is 0 Å². The van der Waals surface area contributed by atoms with Gasteiger partial charge in [-0.15, -0.1) is 0 Å². The highest BCUT2D eigenvalue weighted by molar-refractivity contribution is 7.89. The lowest BCUT2D eigenvalue weighted by atomic mass is 10.0. The highest BCUT2D eigenvalue weighted by Crippen LogP contribution is 2.31. The quantitative estimate of drug-likeness (QED) is 0.872. The SMILES string of the molecule is CC1(C)CN(S(=O)(=O)c2cnn(CCO)c2)CC(C)(C)O1. The Morgan fingerprint density at radius 2 is 1.86 bits per heavy atom. The van der Waals surface area contributed by atoms with Gasteiger partial charge in [-0.05, 0) is 27.7 Å². The number of hydrogen-bond donors (Lipinski definition) is 1. The van der Waals surface area contributed by atoms with Gasteiger partial charge >= 0.3 is 0 Å². The van der Waals surface area contributed by atoms with Crippen molar-refractivity contribution < 1.29 is 18.3 Å². The first-order valence-electron chi connectivity index (χ1n) is 6.89. The first kappa shape index (κ1) is 16.4. The Kier molecular flexibility index (Phi) is 4.18. The van der Waals surface area contributed by atoms with Crippen molar-refractivity contribution in [3.05, 3.63) is 12.4 Å². The zero-order valence-corrected chi connectivity index (χ0v) is 13.7. The van der Waals surface area contributed by atoms with E-state index in [2.05, 4.69) is 5.10 Å². The van der Waals surface area contributed by atoms with Gasteiger partial charge in [-0.2, -0.15) is 9.40 Å². The third-order valence-corrected chi connectivity index (χ3v) is 4.99. The van der Waals surface area contributed by atoms with Gasteiger partial charge < -0.3 is 9.84 Å². The van der Waals surface area contributed by atoms with E-state index in [1.54, 1.807) is 0 Å². The Bertz CT molecular complexity index is 591. The van der Waals surface area contributed by atoms with E-state index < -0.39 is 21.2 Å². The zero-order chi connectivity index (χ0) is 15.9. The van der Waals surface area contributed by atoms with Gasteiger partial charge in [0.2, 0.25) is 10.0 Å². The van der Waals surface area contributed by atoms with Gasteiger partial charge in [0, 0.05) is 19.3 Å². The minimum Gasteiger partial charge on any atom is -0.394 e. The molecule has 0 aromatic carbocycles. The normalized spacial score (nSPS) is 22.3. The lowest BCUT2D eigenvalue weighted by Crippen LogP contribution is -2.58. The van der Waals surface area contributed by atoms with E-state index in [4.69, 9.17) is 9.84 Å². The highest BCUT2D eigenvalue weighted by Gasteiger charge is 2.43. The molecule has 0 aliphatic carbocycles. The van der Waals surface area contributed by atoms with Crippen molar-refractivity contribution in [3.8, 4) is 0 Å². The van der Waals surface area contributed by atoms with Crippen molar-refractivity contribution in [2.45, 2.75) is 50.3 Å². The van der Waals surface area contributed by atoms with Crippen LogP contribution in [0.3, 0.4) is 0 Å². The maximum absolute atomic E-state index is 12.7. The molecule has 1 N–H and O–H groups in total. The molecule has 8 heteroatoms. The van der Waals surface area contributed by atoms with Gasteiger partial charge in [-0.3, -0.25) is 4.68 Å². The van der Waals surface area contributed by atoms with Crippen LogP contribution in [0.4, 0.5) is 0 Å². The maximum atomic E-state index is 12.7. The second kappa shape index (κ2) is 5.35. The summed E-state index contributed by atoms with van der Waals surface area (Å²) in [5.74, 6) is 0. The van der Waals surface area contributed by atoms with Crippen LogP contribution in [0, 0.1) is 0 Å². The van der Waals surface area contributed by atoms with E-state index in [0.29, 0.717) is 13.1 Å². The summed E-state index contributed by atoms with van der Waals surface area (Å²) in [5.41, 5.74) is -1.09. The molecule has 1 saturated heterocycles. The summed E-state index contributed by atoms with van der Waals surface area (Å²) in [7, 11) is -3.61. The molecule has 0 amide bonds. The van der Waals surface area contributed by atoms with Crippen LogP contribution in [0.1, 0.15) is 27.7 Å². The Morgan fingerprint density at radius 1 is 1.29 bits per heavy atom. The summed E-state index contributed by atoms with van der Waals surface area (Å²) in [4.78, 5) is 0.143. The van der Waals surface area contributed by atoms with Crippen LogP contribution in [0.2, 0.25) is 0 Å². The summed E-state index contributed by atoms with van der Waals surface area (Å²) < 4.78 is 34.2. The monoisotopic (exact) mass is 317 g/mol. The second-order valence-corrected chi connectivity index (χ2v) is 8.50. The molecular formula is C13H23N3O4S. The van der Waals surface area contributed by atoms with Crippen LogP contribution in [0.15, 0.2) is 17.3 Å². The number of hydrogen-bond acceptors (Lipinski definition) is 5. The largest absolute Gasteiger partial charge is 0.394 e. The number of ether oxygens (including phenoxy) is 1. The van der Waals surface area contributed by atoms with Crippen molar-refractivity contribution in [3.63, 3.8) is 0 Å². The number of nitrogens with zero attached hydrogens (tertiary/aromatic N) is 3. The topological polar surface area (TPSA) is 84.7 Å². The predicted molar refractivity (Wildman–Crippen MR) is 77.3 cm³/mol. The number of aliphatic hydroxyl groups excluding tert-OH is 1. The molecule has 7 nitrogen and oxygen atoms in total. The minimum atomic E-state index is -3.61. The highest BCUT2D eigenvalue weighted by atomic mass is 32.2. The molecule has 0 saturated carbocycles. The Hall–Kier alpha value is -0.960. The molecule has 0 spiro atoms. The summed E-state index contributed by atoms with van der Waals surface area (Å²) in [6.07, 6.45) is 2.77. The van der Waals surface area contributed by atoms with Gasteiger partial charge in [0.1, 0.15) is 4.90 Å². The Labute approximate surface area is 125 Å². The molecule has 1 aliphatic heterocycles. The Balaban J connectivity index is 2.29. The fraction of sp³-hybridized carbons (Fsp3) is 0.769. The lowest BCUT2D eigenvalue weighted by Gasteiger charge is -2.46. The average molecular weight is 317 g/mol. The van der Waals surface area contributed by atoms with Gasteiger partial charge in [-0.25, -0.2) is 8.42 Å². The Morgan fingerprint density at radius 3 is 2.38 bits per heavy atom.